The second-order valence-corrected chi connectivity index (χ2v) is 5.79. The predicted octanol–water partition coefficient (Wildman–Crippen LogP) is 2.65. The molecule has 0 bridgehead atoms. The van der Waals surface area contributed by atoms with E-state index in [0.717, 1.165) is 19.3 Å². The van der Waals surface area contributed by atoms with Gasteiger partial charge in [0.25, 0.3) is 0 Å². The molecular weight excluding hydrogens is 284 g/mol. The maximum Gasteiger partial charge on any atom is 0.312 e. The van der Waals surface area contributed by atoms with Crippen LogP contribution in [0.2, 0.25) is 0 Å². The van der Waals surface area contributed by atoms with Gasteiger partial charge in [0.2, 0.25) is 0 Å². The molecule has 7 nitrogen and oxygen atoms in total. The van der Waals surface area contributed by atoms with E-state index in [9.17, 15) is 15.2 Å². The van der Waals surface area contributed by atoms with Crippen molar-refractivity contribution in [3.63, 3.8) is 0 Å². The SMILES string of the molecule is O=[N+]([O-])c1cnc2cccnc2c1NCC1(O)CCCCC1. The van der Waals surface area contributed by atoms with E-state index in [1.54, 1.807) is 18.3 Å². The lowest BCUT2D eigenvalue weighted by atomic mass is 9.85. The van der Waals surface area contributed by atoms with Gasteiger partial charge >= 0.3 is 5.69 Å². The molecule has 0 aliphatic heterocycles. The average Bonchev–Trinajstić information content (AvgIpc) is 2.53. The second kappa shape index (κ2) is 5.84. The molecule has 2 aromatic heterocycles. The molecular formula is C15H18N4O3. The molecule has 22 heavy (non-hydrogen) atoms. The zero-order chi connectivity index (χ0) is 15.6. The number of nitrogens with one attached hydrogen (secondary N) is 1. The van der Waals surface area contributed by atoms with Crippen LogP contribution in [0.4, 0.5) is 11.4 Å². The van der Waals surface area contributed by atoms with Crippen molar-refractivity contribution in [2.75, 3.05) is 11.9 Å². The molecule has 3 rings (SSSR count). The maximum absolute atomic E-state index is 11.2. The Morgan fingerprint density at radius 1 is 1.32 bits per heavy atom. The largest absolute Gasteiger partial charge is 0.388 e. The fourth-order valence-electron chi connectivity index (χ4n) is 2.96. The van der Waals surface area contributed by atoms with E-state index < -0.39 is 10.5 Å². The fourth-order valence-corrected chi connectivity index (χ4v) is 2.96. The summed E-state index contributed by atoms with van der Waals surface area (Å²) in [6, 6.07) is 3.49. The molecule has 0 amide bonds. The summed E-state index contributed by atoms with van der Waals surface area (Å²) in [5.41, 5.74) is 0.443. The summed E-state index contributed by atoms with van der Waals surface area (Å²) in [4.78, 5) is 19.0. The van der Waals surface area contributed by atoms with Crippen LogP contribution in [-0.4, -0.2) is 32.1 Å². The Bertz CT molecular complexity index is 698. The molecule has 1 saturated carbocycles. The summed E-state index contributed by atoms with van der Waals surface area (Å²) >= 11 is 0. The lowest BCUT2D eigenvalue weighted by Crippen LogP contribution is -2.38. The number of hydrogen-bond acceptors (Lipinski definition) is 6. The van der Waals surface area contributed by atoms with Gasteiger partial charge in [0.05, 0.1) is 16.0 Å². The number of pyridine rings is 2. The van der Waals surface area contributed by atoms with Crippen LogP contribution >= 0.6 is 0 Å². The van der Waals surface area contributed by atoms with Gasteiger partial charge in [-0.05, 0) is 25.0 Å². The highest BCUT2D eigenvalue weighted by atomic mass is 16.6. The minimum absolute atomic E-state index is 0.120. The normalized spacial score (nSPS) is 17.3. The highest BCUT2D eigenvalue weighted by Gasteiger charge is 2.30. The monoisotopic (exact) mass is 302 g/mol. The third-order valence-electron chi connectivity index (χ3n) is 4.18. The van der Waals surface area contributed by atoms with Crippen LogP contribution in [0.5, 0.6) is 0 Å². The molecule has 1 aliphatic rings. The van der Waals surface area contributed by atoms with Gasteiger partial charge in [-0.1, -0.05) is 19.3 Å². The van der Waals surface area contributed by atoms with E-state index in [0.29, 0.717) is 29.6 Å². The summed E-state index contributed by atoms with van der Waals surface area (Å²) in [6.07, 6.45) is 7.33. The van der Waals surface area contributed by atoms with Gasteiger partial charge < -0.3 is 10.4 Å². The van der Waals surface area contributed by atoms with E-state index in [2.05, 4.69) is 15.3 Å². The van der Waals surface area contributed by atoms with Crippen molar-refractivity contribution in [3.8, 4) is 0 Å². The minimum Gasteiger partial charge on any atom is -0.388 e. The molecule has 2 aromatic rings. The Balaban J connectivity index is 1.94. The standard InChI is InChI=1S/C15H18N4O3/c20-15(6-2-1-3-7-15)10-18-14-12(19(21)22)9-17-11-5-4-8-16-13(11)14/h4-5,8-9,20H,1-3,6-7,10H2,(H,17,18). The van der Waals surface area contributed by atoms with Crippen molar-refractivity contribution in [1.29, 1.82) is 0 Å². The number of anilines is 1. The molecule has 7 heteroatoms. The zero-order valence-electron chi connectivity index (χ0n) is 12.2. The van der Waals surface area contributed by atoms with Crippen LogP contribution in [0.25, 0.3) is 11.0 Å². The van der Waals surface area contributed by atoms with Crippen molar-refractivity contribution in [3.05, 3.63) is 34.6 Å². The van der Waals surface area contributed by atoms with Crippen molar-refractivity contribution in [2.45, 2.75) is 37.7 Å². The van der Waals surface area contributed by atoms with Gasteiger partial charge in [-0.3, -0.25) is 15.1 Å². The summed E-state index contributed by atoms with van der Waals surface area (Å²) in [5.74, 6) is 0. The quantitative estimate of drug-likeness (QED) is 0.665. The molecule has 0 spiro atoms. The first-order chi connectivity index (χ1) is 10.6. The van der Waals surface area contributed by atoms with E-state index in [4.69, 9.17) is 0 Å². The second-order valence-electron chi connectivity index (χ2n) is 5.79. The molecule has 1 fully saturated rings. The molecule has 2 heterocycles. The molecule has 0 aromatic carbocycles. The van der Waals surface area contributed by atoms with Crippen molar-refractivity contribution < 1.29 is 10.0 Å². The third kappa shape index (κ3) is 2.85. The maximum atomic E-state index is 11.2. The minimum atomic E-state index is -0.809. The first-order valence-electron chi connectivity index (χ1n) is 7.43. The van der Waals surface area contributed by atoms with Crippen LogP contribution in [-0.2, 0) is 0 Å². The number of fused-ring (bicyclic) bond motifs is 1. The first-order valence-corrected chi connectivity index (χ1v) is 7.43. The zero-order valence-corrected chi connectivity index (χ0v) is 12.2. The van der Waals surface area contributed by atoms with E-state index in [-0.39, 0.29) is 12.2 Å². The summed E-state index contributed by atoms with van der Waals surface area (Å²) in [5, 5.41) is 24.9. The molecule has 0 atom stereocenters. The van der Waals surface area contributed by atoms with Crippen LogP contribution in [0.3, 0.4) is 0 Å². The molecule has 0 unspecified atom stereocenters. The Morgan fingerprint density at radius 2 is 2.09 bits per heavy atom. The summed E-state index contributed by atoms with van der Waals surface area (Å²) in [6.45, 7) is 0.281. The average molecular weight is 302 g/mol. The smallest absolute Gasteiger partial charge is 0.312 e. The Morgan fingerprint density at radius 3 is 2.82 bits per heavy atom. The third-order valence-corrected chi connectivity index (χ3v) is 4.18. The number of nitro groups is 1. The highest BCUT2D eigenvalue weighted by molar-refractivity contribution is 5.92. The summed E-state index contributed by atoms with van der Waals surface area (Å²) in [7, 11) is 0. The Hall–Kier alpha value is -2.28. The number of aliphatic hydroxyl groups is 1. The van der Waals surface area contributed by atoms with Crippen LogP contribution < -0.4 is 5.32 Å². The lowest BCUT2D eigenvalue weighted by molar-refractivity contribution is -0.384. The van der Waals surface area contributed by atoms with Crippen molar-refractivity contribution in [1.82, 2.24) is 9.97 Å². The number of hydrogen-bond donors (Lipinski definition) is 2. The number of aromatic nitrogens is 2. The van der Waals surface area contributed by atoms with Crippen LogP contribution in [0, 0.1) is 10.1 Å². The van der Waals surface area contributed by atoms with Crippen molar-refractivity contribution in [2.24, 2.45) is 0 Å². The number of rotatable bonds is 4. The molecule has 116 valence electrons. The fraction of sp³-hybridized carbons (Fsp3) is 0.467. The molecule has 2 N–H and O–H groups in total. The summed E-state index contributed by atoms with van der Waals surface area (Å²) < 4.78 is 0. The highest BCUT2D eigenvalue weighted by Crippen LogP contribution is 2.33. The van der Waals surface area contributed by atoms with E-state index >= 15 is 0 Å². The van der Waals surface area contributed by atoms with Gasteiger partial charge in [-0.2, -0.15) is 0 Å². The van der Waals surface area contributed by atoms with E-state index in [1.165, 1.54) is 6.20 Å². The van der Waals surface area contributed by atoms with Crippen molar-refractivity contribution >= 4 is 22.4 Å². The Kier molecular flexibility index (Phi) is 3.89. The first kappa shape index (κ1) is 14.6. The molecule has 0 saturated heterocycles. The van der Waals surface area contributed by atoms with Gasteiger partial charge in [0.15, 0.2) is 0 Å². The topological polar surface area (TPSA) is 101 Å². The van der Waals surface area contributed by atoms with Crippen LogP contribution in [0.1, 0.15) is 32.1 Å². The van der Waals surface area contributed by atoms with E-state index in [1.807, 2.05) is 0 Å². The molecule has 1 aliphatic carbocycles. The van der Waals surface area contributed by atoms with Gasteiger partial charge in [0, 0.05) is 12.7 Å². The number of nitrogens with zero attached hydrogens (tertiary/aromatic N) is 3. The Labute approximate surface area is 127 Å². The lowest BCUT2D eigenvalue weighted by Gasteiger charge is -2.32. The molecule has 0 radical (unpaired) electrons. The predicted molar refractivity (Wildman–Crippen MR) is 82.7 cm³/mol. The van der Waals surface area contributed by atoms with Gasteiger partial charge in [-0.25, -0.2) is 4.98 Å². The van der Waals surface area contributed by atoms with Gasteiger partial charge in [-0.15, -0.1) is 0 Å². The van der Waals surface area contributed by atoms with Crippen LogP contribution in [0.15, 0.2) is 24.5 Å². The van der Waals surface area contributed by atoms with Gasteiger partial charge in [0.1, 0.15) is 17.4 Å².